The SMILES string of the molecule is CC[C@@]1(O)C(=O)OCc2c1cc1n(c2=O)Cc2cc3c(CN(C)C)c(OC(=O)N4CCN(C(=O)C5CCN(c6ccc(C(=O)NC7CCC(C=[N+](C)c8ccc(C#N)c(Cl)c8)CC7)nn6)CC5)CC4)ccc3nc2-1. The van der Waals surface area contributed by atoms with Gasteiger partial charge in [0.15, 0.2) is 17.1 Å². The van der Waals surface area contributed by atoms with Crippen molar-refractivity contribution >= 4 is 64.1 Å². The third-order valence-electron chi connectivity index (χ3n) is 15.4. The number of nitriles is 1. The predicted molar refractivity (Wildman–Crippen MR) is 274 cm³/mol. The molecule has 7 heterocycles. The number of aromatic nitrogens is 4. The van der Waals surface area contributed by atoms with E-state index in [0.29, 0.717) is 104 Å². The van der Waals surface area contributed by atoms with E-state index >= 15 is 0 Å². The highest BCUT2D eigenvalue weighted by Crippen LogP contribution is 2.40. The minimum Gasteiger partial charge on any atom is -0.458 e. The maximum Gasteiger partial charge on any atom is 0.415 e. The molecule has 1 aliphatic carbocycles. The van der Waals surface area contributed by atoms with E-state index in [-0.39, 0.29) is 65.7 Å². The number of pyridine rings is 2. The normalized spacial score (nSPS) is 20.9. The lowest BCUT2D eigenvalue weighted by Crippen LogP contribution is -2.53. The number of cyclic esters (lactones) is 1. The summed E-state index contributed by atoms with van der Waals surface area (Å²) in [5.41, 5.74) is 3.11. The Kier molecular flexibility index (Phi) is 14.0. The molecule has 1 saturated carbocycles. The first-order valence-electron chi connectivity index (χ1n) is 25.3. The Balaban J connectivity index is 0.702. The van der Waals surface area contributed by atoms with Crippen molar-refractivity contribution in [3.05, 3.63) is 103 Å². The summed E-state index contributed by atoms with van der Waals surface area (Å²) in [4.78, 5) is 79.7. The molecule has 1 atom stereocenters. The van der Waals surface area contributed by atoms with Gasteiger partial charge in [0.05, 0.1) is 39.6 Å². The summed E-state index contributed by atoms with van der Waals surface area (Å²) < 4.78 is 15.0. The van der Waals surface area contributed by atoms with Gasteiger partial charge in [0.1, 0.15) is 31.7 Å². The number of nitrogens with one attached hydrogen (secondary N) is 1. The van der Waals surface area contributed by atoms with Crippen LogP contribution in [0.1, 0.15) is 90.2 Å². The van der Waals surface area contributed by atoms with Crippen molar-refractivity contribution in [1.29, 1.82) is 5.26 Å². The zero-order valence-electron chi connectivity index (χ0n) is 42.0. The first-order chi connectivity index (χ1) is 35.6. The molecule has 2 N–H and O–H groups in total. The van der Waals surface area contributed by atoms with Crippen LogP contribution in [0.4, 0.5) is 16.3 Å². The number of benzene rings is 2. The number of fused-ring (bicyclic) bond motifs is 5. The lowest BCUT2D eigenvalue weighted by atomic mass is 9.86. The number of nitrogens with zero attached hydrogens (tertiary/aromatic N) is 10. The number of carbonyl (C=O) groups is 4. The quantitative estimate of drug-likeness (QED) is 0.100. The Morgan fingerprint density at radius 2 is 1.72 bits per heavy atom. The molecule has 3 amide bonds. The van der Waals surface area contributed by atoms with E-state index in [1.54, 1.807) is 52.8 Å². The van der Waals surface area contributed by atoms with Crippen molar-refractivity contribution in [3.63, 3.8) is 0 Å². The molecule has 4 aliphatic heterocycles. The van der Waals surface area contributed by atoms with Crippen LogP contribution in [0.15, 0.2) is 59.4 Å². The van der Waals surface area contributed by atoms with Gasteiger partial charge in [0.25, 0.3) is 11.5 Å². The van der Waals surface area contributed by atoms with E-state index in [1.807, 2.05) is 53.7 Å². The highest BCUT2D eigenvalue weighted by atomic mass is 35.5. The maximum absolute atomic E-state index is 13.8. The van der Waals surface area contributed by atoms with Crippen molar-refractivity contribution in [2.24, 2.45) is 11.8 Å². The van der Waals surface area contributed by atoms with Crippen LogP contribution in [0.5, 0.6) is 5.75 Å². The summed E-state index contributed by atoms with van der Waals surface area (Å²) in [6.45, 7) is 4.76. The molecular weight excluding hydrogens is 966 g/mol. The average Bonchev–Trinajstić information content (AvgIpc) is 3.78. The second-order valence-corrected chi connectivity index (χ2v) is 20.7. The number of anilines is 1. The van der Waals surface area contributed by atoms with Crippen molar-refractivity contribution in [3.8, 4) is 23.2 Å². The highest BCUT2D eigenvalue weighted by molar-refractivity contribution is 6.31. The van der Waals surface area contributed by atoms with Gasteiger partial charge in [-0.05, 0) is 102 Å². The van der Waals surface area contributed by atoms with Crippen LogP contribution in [0.2, 0.25) is 5.02 Å². The van der Waals surface area contributed by atoms with Gasteiger partial charge in [0.2, 0.25) is 11.6 Å². The predicted octanol–water partition coefficient (Wildman–Crippen LogP) is 5.35. The largest absolute Gasteiger partial charge is 0.458 e. The summed E-state index contributed by atoms with van der Waals surface area (Å²) in [5, 5.41) is 33.5. The van der Waals surface area contributed by atoms with Crippen LogP contribution in [-0.2, 0) is 39.6 Å². The number of halogens is 1. The molecule has 0 spiro atoms. The van der Waals surface area contributed by atoms with Crippen molar-refractivity contribution < 1.29 is 38.3 Å². The number of aliphatic hydroxyl groups is 1. The van der Waals surface area contributed by atoms with Crippen LogP contribution in [0.3, 0.4) is 0 Å². The molecule has 384 valence electrons. The summed E-state index contributed by atoms with van der Waals surface area (Å²) in [7, 11) is 5.81. The van der Waals surface area contributed by atoms with E-state index in [0.717, 1.165) is 47.9 Å². The minimum absolute atomic E-state index is 0.0393. The van der Waals surface area contributed by atoms with E-state index in [4.69, 9.17) is 26.1 Å². The van der Waals surface area contributed by atoms with Crippen molar-refractivity contribution in [2.75, 3.05) is 65.3 Å². The number of piperidine rings is 1. The number of rotatable bonds is 10. The van der Waals surface area contributed by atoms with E-state index in [1.165, 1.54) is 0 Å². The molecule has 19 nitrogen and oxygen atoms in total. The summed E-state index contributed by atoms with van der Waals surface area (Å²) in [5.74, 6) is 0.272. The van der Waals surface area contributed by atoms with Gasteiger partial charge in [-0.2, -0.15) is 5.26 Å². The molecule has 0 unspecified atom stereocenters. The van der Waals surface area contributed by atoms with Crippen LogP contribution < -0.4 is 20.5 Å². The Morgan fingerprint density at radius 1 is 0.973 bits per heavy atom. The molecule has 2 aromatic carbocycles. The number of carbonyl (C=O) groups excluding carboxylic acids is 4. The average molecular weight is 1030 g/mol. The molecule has 3 fully saturated rings. The number of hydrogen-bond donors (Lipinski definition) is 2. The fraction of sp³-hybridized carbons (Fsp3) is 0.444. The smallest absolute Gasteiger partial charge is 0.415 e. The fourth-order valence-electron chi connectivity index (χ4n) is 11.1. The summed E-state index contributed by atoms with van der Waals surface area (Å²) in [6, 6.07) is 18.2. The highest BCUT2D eigenvalue weighted by Gasteiger charge is 2.45. The second-order valence-electron chi connectivity index (χ2n) is 20.3. The zero-order chi connectivity index (χ0) is 52.0. The number of amides is 3. The zero-order valence-corrected chi connectivity index (χ0v) is 42.7. The van der Waals surface area contributed by atoms with Gasteiger partial charge < -0.3 is 44.1 Å². The Labute approximate surface area is 432 Å². The van der Waals surface area contributed by atoms with Crippen LogP contribution in [0, 0.1) is 23.2 Å². The lowest BCUT2D eigenvalue weighted by molar-refractivity contribution is -0.402. The van der Waals surface area contributed by atoms with Gasteiger partial charge in [0, 0.05) is 97.9 Å². The first-order valence-corrected chi connectivity index (χ1v) is 25.7. The van der Waals surface area contributed by atoms with Gasteiger partial charge in [-0.1, -0.05) is 18.5 Å². The van der Waals surface area contributed by atoms with Crippen LogP contribution in [-0.4, -0.2) is 141 Å². The number of hydrogen-bond acceptors (Lipinski definition) is 14. The molecule has 0 bridgehead atoms. The number of esters is 1. The molecule has 0 radical (unpaired) electrons. The fourth-order valence-corrected chi connectivity index (χ4v) is 11.3. The summed E-state index contributed by atoms with van der Waals surface area (Å²) in [6.07, 6.45) is 6.51. The van der Waals surface area contributed by atoms with Crippen LogP contribution in [0.25, 0.3) is 22.3 Å². The topological polar surface area (TPSA) is 219 Å². The molecule has 74 heavy (non-hydrogen) atoms. The Morgan fingerprint density at radius 3 is 2.39 bits per heavy atom. The van der Waals surface area contributed by atoms with Crippen molar-refractivity contribution in [1.82, 2.24) is 39.8 Å². The third-order valence-corrected chi connectivity index (χ3v) is 15.7. The van der Waals surface area contributed by atoms with Crippen LogP contribution >= 0.6 is 11.6 Å². The first kappa shape index (κ1) is 50.3. The third kappa shape index (κ3) is 9.69. The molecule has 2 saturated heterocycles. The molecular formula is C54H59ClN11O8+. The molecule has 10 rings (SSSR count). The molecule has 20 heteroatoms. The number of piperazine rings is 1. The van der Waals surface area contributed by atoms with Gasteiger partial charge in [-0.3, -0.25) is 14.4 Å². The molecule has 3 aromatic heterocycles. The summed E-state index contributed by atoms with van der Waals surface area (Å²) >= 11 is 6.25. The Bertz CT molecular complexity index is 3200. The molecule has 5 aromatic rings. The Hall–Kier alpha value is -7.27. The van der Waals surface area contributed by atoms with E-state index in [2.05, 4.69) is 32.7 Å². The van der Waals surface area contributed by atoms with Gasteiger partial charge >= 0.3 is 12.1 Å². The minimum atomic E-state index is -1.93. The van der Waals surface area contributed by atoms with E-state index in [9.17, 15) is 34.3 Å². The van der Waals surface area contributed by atoms with Crippen molar-refractivity contribution in [2.45, 2.75) is 83.2 Å². The monoisotopic (exact) mass is 1020 g/mol. The van der Waals surface area contributed by atoms with E-state index < -0.39 is 17.7 Å². The van der Waals surface area contributed by atoms with Gasteiger partial charge in [-0.15, -0.1) is 10.2 Å². The molecule has 5 aliphatic rings. The maximum atomic E-state index is 13.8. The van der Waals surface area contributed by atoms with Gasteiger partial charge in [-0.25, -0.2) is 19.1 Å². The standard InChI is InChI=1S/C54H58ClN11O8/c1-5-54(72)41-26-45-48-35(29-66(45)51(69)40(41)31-73-52(54)70)24-38-39(30-61(2)3)46(14-12-43(38)58-48)74-53(71)65-22-20-64(21-23-65)50(68)33-16-18-63(19-17-33)47-15-13-44(59-60-47)49(67)57-36-9-6-32(7-10-36)28-62(4)37-11-8-34(27-56)42(55)25-37/h8,11-15,24-26,28,32-33,36,72H,5-7,9-10,16-23,29-31H2,1-4H3/p+1/t32?,36?,54-/m0/s1. The second kappa shape index (κ2) is 20.6. The lowest BCUT2D eigenvalue weighted by Gasteiger charge is -2.38. The number of ether oxygens (including phenoxy) is 2.